The summed E-state index contributed by atoms with van der Waals surface area (Å²) in [5.41, 5.74) is 0.592. The second-order valence-electron chi connectivity index (χ2n) is 6.76. The van der Waals surface area contributed by atoms with Gasteiger partial charge in [0.25, 0.3) is 0 Å². The van der Waals surface area contributed by atoms with Gasteiger partial charge in [-0.25, -0.2) is 4.39 Å². The van der Waals surface area contributed by atoms with Crippen molar-refractivity contribution in [2.45, 2.75) is 26.2 Å². The zero-order valence-corrected chi connectivity index (χ0v) is 14.8. The third kappa shape index (κ3) is 3.86. The van der Waals surface area contributed by atoms with Gasteiger partial charge in [0.1, 0.15) is 5.82 Å². The Balaban J connectivity index is 1.64. The van der Waals surface area contributed by atoms with Gasteiger partial charge in [-0.05, 0) is 44.0 Å². The summed E-state index contributed by atoms with van der Waals surface area (Å²) in [4.78, 5) is 40.3. The molecule has 140 valence electrons. The van der Waals surface area contributed by atoms with E-state index < -0.39 is 5.92 Å². The highest BCUT2D eigenvalue weighted by molar-refractivity contribution is 6.00. The third-order valence-corrected chi connectivity index (χ3v) is 4.97. The van der Waals surface area contributed by atoms with Crippen LogP contribution in [0.1, 0.15) is 26.2 Å². The van der Waals surface area contributed by atoms with Gasteiger partial charge in [-0.3, -0.25) is 14.4 Å². The van der Waals surface area contributed by atoms with Crippen LogP contribution in [0.5, 0.6) is 0 Å². The number of anilines is 1. The van der Waals surface area contributed by atoms with Crippen LogP contribution < -0.4 is 4.90 Å². The minimum Gasteiger partial charge on any atom is -0.466 e. The molecule has 3 rings (SSSR count). The van der Waals surface area contributed by atoms with Crippen LogP contribution in [-0.2, 0) is 19.1 Å². The van der Waals surface area contributed by atoms with Crippen molar-refractivity contribution < 1.29 is 23.5 Å². The van der Waals surface area contributed by atoms with Crippen molar-refractivity contribution >= 4 is 23.5 Å². The monoisotopic (exact) mass is 362 g/mol. The molecule has 2 fully saturated rings. The Hall–Kier alpha value is -2.44. The van der Waals surface area contributed by atoms with Crippen LogP contribution in [0.4, 0.5) is 10.1 Å². The van der Waals surface area contributed by atoms with Crippen molar-refractivity contribution in [1.82, 2.24) is 4.90 Å². The van der Waals surface area contributed by atoms with Crippen LogP contribution in [0.25, 0.3) is 0 Å². The fourth-order valence-electron chi connectivity index (χ4n) is 3.63. The van der Waals surface area contributed by atoms with Crippen molar-refractivity contribution in [3.63, 3.8) is 0 Å². The lowest BCUT2D eigenvalue weighted by molar-refractivity contribution is -0.152. The lowest BCUT2D eigenvalue weighted by atomic mass is 9.96. The second-order valence-corrected chi connectivity index (χ2v) is 6.76. The molecule has 0 N–H and O–H groups in total. The van der Waals surface area contributed by atoms with Gasteiger partial charge in [-0.1, -0.05) is 0 Å². The number of hydrogen-bond donors (Lipinski definition) is 0. The molecule has 0 aliphatic carbocycles. The highest BCUT2D eigenvalue weighted by atomic mass is 19.1. The highest BCUT2D eigenvalue weighted by Gasteiger charge is 2.39. The summed E-state index contributed by atoms with van der Waals surface area (Å²) in [6, 6.07) is 5.67. The predicted octanol–water partition coefficient (Wildman–Crippen LogP) is 1.98. The summed E-state index contributed by atoms with van der Waals surface area (Å²) in [5, 5.41) is 0. The van der Waals surface area contributed by atoms with Crippen molar-refractivity contribution in [1.29, 1.82) is 0 Å². The molecule has 0 spiro atoms. The Bertz CT molecular complexity index is 691. The number of likely N-dealkylation sites (tertiary alicyclic amines) is 1. The maximum atomic E-state index is 13.1. The van der Waals surface area contributed by atoms with Gasteiger partial charge in [-0.2, -0.15) is 0 Å². The number of benzene rings is 1. The molecule has 0 radical (unpaired) electrons. The summed E-state index contributed by atoms with van der Waals surface area (Å²) >= 11 is 0. The van der Waals surface area contributed by atoms with Gasteiger partial charge in [0, 0.05) is 31.7 Å². The molecule has 7 heteroatoms. The van der Waals surface area contributed by atoms with E-state index in [9.17, 15) is 18.8 Å². The Morgan fingerprint density at radius 1 is 1.19 bits per heavy atom. The zero-order chi connectivity index (χ0) is 18.7. The Morgan fingerprint density at radius 3 is 2.62 bits per heavy atom. The average Bonchev–Trinajstić information content (AvgIpc) is 3.04. The van der Waals surface area contributed by atoms with E-state index in [4.69, 9.17) is 4.74 Å². The fourth-order valence-corrected chi connectivity index (χ4v) is 3.63. The number of ether oxygens (including phenoxy) is 1. The van der Waals surface area contributed by atoms with Crippen molar-refractivity contribution in [3.05, 3.63) is 30.1 Å². The maximum Gasteiger partial charge on any atom is 0.310 e. The van der Waals surface area contributed by atoms with E-state index in [-0.39, 0.29) is 42.5 Å². The van der Waals surface area contributed by atoms with E-state index >= 15 is 0 Å². The molecule has 2 saturated heterocycles. The molecule has 0 unspecified atom stereocenters. The first-order valence-electron chi connectivity index (χ1n) is 9.01. The van der Waals surface area contributed by atoms with E-state index in [1.807, 2.05) is 0 Å². The van der Waals surface area contributed by atoms with Gasteiger partial charge in [0.2, 0.25) is 11.8 Å². The number of nitrogens with zero attached hydrogens (tertiary/aromatic N) is 2. The zero-order valence-electron chi connectivity index (χ0n) is 14.8. The largest absolute Gasteiger partial charge is 0.466 e. The first kappa shape index (κ1) is 18.4. The topological polar surface area (TPSA) is 66.9 Å². The fraction of sp³-hybridized carbons (Fsp3) is 0.526. The molecule has 6 nitrogen and oxygen atoms in total. The van der Waals surface area contributed by atoms with Crippen LogP contribution in [-0.4, -0.2) is 48.9 Å². The highest BCUT2D eigenvalue weighted by Crippen LogP contribution is 2.28. The summed E-state index contributed by atoms with van der Waals surface area (Å²) in [6.45, 7) is 3.31. The number of hydrogen-bond acceptors (Lipinski definition) is 4. The number of carbonyl (C=O) groups excluding carboxylic acids is 3. The van der Waals surface area contributed by atoms with Gasteiger partial charge in [0.15, 0.2) is 0 Å². The van der Waals surface area contributed by atoms with Crippen molar-refractivity contribution in [2.75, 3.05) is 31.1 Å². The van der Waals surface area contributed by atoms with Crippen molar-refractivity contribution in [3.8, 4) is 0 Å². The lowest BCUT2D eigenvalue weighted by Crippen LogP contribution is -2.45. The maximum absolute atomic E-state index is 13.1. The van der Waals surface area contributed by atoms with Gasteiger partial charge >= 0.3 is 5.97 Å². The Labute approximate surface area is 151 Å². The summed E-state index contributed by atoms with van der Waals surface area (Å²) < 4.78 is 18.1. The van der Waals surface area contributed by atoms with Crippen LogP contribution in [0, 0.1) is 17.7 Å². The molecule has 0 saturated carbocycles. The summed E-state index contributed by atoms with van der Waals surface area (Å²) in [5.74, 6) is -1.61. The van der Waals surface area contributed by atoms with Crippen LogP contribution >= 0.6 is 0 Å². The minimum absolute atomic E-state index is 0.100. The van der Waals surface area contributed by atoms with E-state index in [0.29, 0.717) is 31.8 Å². The molecule has 2 amide bonds. The lowest BCUT2D eigenvalue weighted by Gasteiger charge is -2.33. The summed E-state index contributed by atoms with van der Waals surface area (Å²) in [6.07, 6.45) is 1.60. The van der Waals surface area contributed by atoms with E-state index in [2.05, 4.69) is 0 Å². The van der Waals surface area contributed by atoms with Crippen LogP contribution in [0.3, 0.4) is 0 Å². The molecule has 1 aromatic carbocycles. The number of carbonyl (C=O) groups is 3. The Morgan fingerprint density at radius 2 is 1.92 bits per heavy atom. The number of rotatable bonds is 4. The number of halogens is 1. The first-order valence-corrected chi connectivity index (χ1v) is 9.01. The molecule has 2 heterocycles. The normalized spacial score (nSPS) is 23.2. The van der Waals surface area contributed by atoms with E-state index in [1.165, 1.54) is 29.2 Å². The van der Waals surface area contributed by atoms with E-state index in [0.717, 1.165) is 6.42 Å². The third-order valence-electron chi connectivity index (χ3n) is 4.97. The quantitative estimate of drug-likeness (QED) is 0.768. The molecule has 2 atom stereocenters. The molecule has 0 bridgehead atoms. The van der Waals surface area contributed by atoms with Gasteiger partial charge < -0.3 is 14.5 Å². The van der Waals surface area contributed by atoms with Crippen LogP contribution in [0.15, 0.2) is 24.3 Å². The van der Waals surface area contributed by atoms with E-state index in [1.54, 1.807) is 11.8 Å². The first-order chi connectivity index (χ1) is 12.5. The van der Waals surface area contributed by atoms with Gasteiger partial charge in [-0.15, -0.1) is 0 Å². The van der Waals surface area contributed by atoms with Gasteiger partial charge in [0.05, 0.1) is 18.4 Å². The molecule has 0 aromatic heterocycles. The SMILES string of the molecule is CCOC(=O)[C@@H]1CCCN(C(=O)[C@H]2CC(=O)N(c3ccc(F)cc3)C2)C1. The molecular formula is C19H23FN2O4. The van der Waals surface area contributed by atoms with Crippen molar-refractivity contribution in [2.24, 2.45) is 11.8 Å². The standard InChI is InChI=1S/C19H23FN2O4/c1-2-26-19(25)13-4-3-9-21(11-13)18(24)14-10-17(23)22(12-14)16-7-5-15(20)6-8-16/h5-8,13-14H,2-4,9-12H2,1H3/t13-,14+/m1/s1. The molecule has 26 heavy (non-hydrogen) atoms. The summed E-state index contributed by atoms with van der Waals surface area (Å²) in [7, 11) is 0. The number of piperidine rings is 1. The molecular weight excluding hydrogens is 339 g/mol. The molecule has 1 aromatic rings. The minimum atomic E-state index is -0.437. The predicted molar refractivity (Wildman–Crippen MR) is 92.8 cm³/mol. The molecule has 2 aliphatic rings. The smallest absolute Gasteiger partial charge is 0.310 e. The average molecular weight is 362 g/mol. The second kappa shape index (κ2) is 7.85. The number of esters is 1. The Kier molecular flexibility index (Phi) is 5.54. The number of amides is 2. The van der Waals surface area contributed by atoms with Crippen LogP contribution in [0.2, 0.25) is 0 Å². The molecule has 2 aliphatic heterocycles.